The van der Waals surface area contributed by atoms with Crippen molar-refractivity contribution in [3.05, 3.63) is 69.9 Å². The first-order valence-corrected chi connectivity index (χ1v) is 14.1. The quantitative estimate of drug-likeness (QED) is 0.247. The number of methoxy groups -OCH3 is 1. The van der Waals surface area contributed by atoms with Crippen LogP contribution in [0.3, 0.4) is 0 Å². The summed E-state index contributed by atoms with van der Waals surface area (Å²) < 4.78 is 5.18. The highest BCUT2D eigenvalue weighted by molar-refractivity contribution is 7.12. The molecular formula is C29H34ClN3O3S. The van der Waals surface area contributed by atoms with Crippen LogP contribution in [0.2, 0.25) is 5.02 Å². The van der Waals surface area contributed by atoms with E-state index >= 15 is 0 Å². The van der Waals surface area contributed by atoms with Gasteiger partial charge in [-0.1, -0.05) is 55.8 Å². The summed E-state index contributed by atoms with van der Waals surface area (Å²) in [6.07, 6.45) is 6.51. The van der Waals surface area contributed by atoms with Crippen molar-refractivity contribution in [3.8, 4) is 16.9 Å². The van der Waals surface area contributed by atoms with Crippen molar-refractivity contribution in [2.75, 3.05) is 25.5 Å². The number of benzene rings is 2. The maximum absolute atomic E-state index is 13.2. The summed E-state index contributed by atoms with van der Waals surface area (Å²) in [6, 6.07) is 16.5. The van der Waals surface area contributed by atoms with E-state index in [2.05, 4.69) is 16.0 Å². The van der Waals surface area contributed by atoms with Gasteiger partial charge in [-0.05, 0) is 71.3 Å². The van der Waals surface area contributed by atoms with E-state index in [1.807, 2.05) is 60.0 Å². The van der Waals surface area contributed by atoms with Gasteiger partial charge in [-0.3, -0.25) is 9.59 Å². The fraction of sp³-hybridized carbons (Fsp3) is 0.379. The van der Waals surface area contributed by atoms with Crippen LogP contribution in [0.15, 0.2) is 60.0 Å². The number of rotatable bonds is 11. The largest absolute Gasteiger partial charge is 0.497 e. The van der Waals surface area contributed by atoms with Gasteiger partial charge in [0.05, 0.1) is 12.0 Å². The standard InChI is InChI=1S/C29H34ClN3O3S/c1-36-25-13-11-24(12-14-25)31-15-16-32-28(34)26(17-20-5-3-2-4-6-20)33-29(35)27-18-22(19-37-27)21-7-9-23(30)10-8-21/h7-14,18-20,26,31H,2-6,15-17H2,1H3,(H,32,34)(H,33,35)/t26-/m0/s1. The molecule has 0 spiro atoms. The number of hydrogen-bond donors (Lipinski definition) is 3. The molecule has 1 saturated carbocycles. The van der Waals surface area contributed by atoms with E-state index in [9.17, 15) is 9.59 Å². The zero-order valence-electron chi connectivity index (χ0n) is 21.1. The topological polar surface area (TPSA) is 79.5 Å². The fourth-order valence-corrected chi connectivity index (χ4v) is 5.64. The maximum atomic E-state index is 13.2. The molecule has 1 heterocycles. The number of amides is 2. The third kappa shape index (κ3) is 7.98. The highest BCUT2D eigenvalue weighted by atomic mass is 35.5. The minimum atomic E-state index is -0.558. The minimum Gasteiger partial charge on any atom is -0.497 e. The van der Waals surface area contributed by atoms with Crippen LogP contribution in [0.25, 0.3) is 11.1 Å². The van der Waals surface area contributed by atoms with Crippen molar-refractivity contribution in [1.82, 2.24) is 10.6 Å². The van der Waals surface area contributed by atoms with Gasteiger partial charge in [-0.15, -0.1) is 11.3 Å². The Balaban J connectivity index is 1.34. The maximum Gasteiger partial charge on any atom is 0.262 e. The van der Waals surface area contributed by atoms with Crippen LogP contribution >= 0.6 is 22.9 Å². The third-order valence-electron chi connectivity index (χ3n) is 6.76. The SMILES string of the molecule is COc1ccc(NCCNC(=O)[C@H](CC2CCCCC2)NC(=O)c2cc(-c3ccc(Cl)cc3)cs2)cc1. The summed E-state index contributed by atoms with van der Waals surface area (Å²) >= 11 is 7.38. The van der Waals surface area contributed by atoms with Gasteiger partial charge in [-0.2, -0.15) is 0 Å². The van der Waals surface area contributed by atoms with Gasteiger partial charge in [0, 0.05) is 23.8 Å². The number of carbonyl (C=O) groups excluding carboxylic acids is 2. The number of hydrogen-bond acceptors (Lipinski definition) is 5. The summed E-state index contributed by atoms with van der Waals surface area (Å²) in [5.74, 6) is 0.906. The molecule has 1 atom stereocenters. The van der Waals surface area contributed by atoms with Crippen LogP contribution in [0, 0.1) is 5.92 Å². The Hall–Kier alpha value is -3.03. The number of nitrogens with one attached hydrogen (secondary N) is 3. The molecule has 1 aromatic heterocycles. The van der Waals surface area contributed by atoms with E-state index in [1.165, 1.54) is 30.6 Å². The van der Waals surface area contributed by atoms with Crippen LogP contribution in [-0.2, 0) is 4.79 Å². The van der Waals surface area contributed by atoms with E-state index in [0.717, 1.165) is 35.4 Å². The first-order chi connectivity index (χ1) is 18.0. The van der Waals surface area contributed by atoms with E-state index in [-0.39, 0.29) is 11.8 Å². The van der Waals surface area contributed by atoms with Crippen LogP contribution in [-0.4, -0.2) is 38.1 Å². The first-order valence-electron chi connectivity index (χ1n) is 12.8. The van der Waals surface area contributed by atoms with Crippen molar-refractivity contribution in [2.45, 2.75) is 44.6 Å². The molecule has 1 aliphatic carbocycles. The monoisotopic (exact) mass is 539 g/mol. The van der Waals surface area contributed by atoms with Crippen molar-refractivity contribution in [1.29, 1.82) is 0 Å². The molecule has 3 aromatic rings. The van der Waals surface area contributed by atoms with Gasteiger partial charge in [0.25, 0.3) is 5.91 Å². The number of carbonyl (C=O) groups is 2. The highest BCUT2D eigenvalue weighted by Crippen LogP contribution is 2.29. The first kappa shape index (κ1) is 27.0. The summed E-state index contributed by atoms with van der Waals surface area (Å²) in [7, 11) is 1.64. The minimum absolute atomic E-state index is 0.134. The zero-order chi connectivity index (χ0) is 26.0. The lowest BCUT2D eigenvalue weighted by Crippen LogP contribution is -2.48. The Kier molecular flexibility index (Phi) is 9.85. The number of ether oxygens (including phenoxy) is 1. The molecule has 0 unspecified atom stereocenters. The van der Waals surface area contributed by atoms with Crippen molar-refractivity contribution in [2.24, 2.45) is 5.92 Å². The average molecular weight is 540 g/mol. The summed E-state index contributed by atoms with van der Waals surface area (Å²) in [5, 5.41) is 12.0. The highest BCUT2D eigenvalue weighted by Gasteiger charge is 2.26. The number of thiophene rings is 1. The molecule has 3 N–H and O–H groups in total. The molecule has 0 radical (unpaired) electrons. The predicted molar refractivity (Wildman–Crippen MR) is 152 cm³/mol. The zero-order valence-corrected chi connectivity index (χ0v) is 22.7. The van der Waals surface area contributed by atoms with Gasteiger partial charge in [0.15, 0.2) is 0 Å². The normalized spacial score (nSPS) is 14.5. The average Bonchev–Trinajstić information content (AvgIpc) is 3.42. The molecule has 2 amide bonds. The lowest BCUT2D eigenvalue weighted by molar-refractivity contribution is -0.123. The van der Waals surface area contributed by atoms with E-state index < -0.39 is 6.04 Å². The summed E-state index contributed by atoms with van der Waals surface area (Å²) in [6.45, 7) is 1.04. The summed E-state index contributed by atoms with van der Waals surface area (Å²) in [4.78, 5) is 26.9. The van der Waals surface area contributed by atoms with Crippen LogP contribution in [0.5, 0.6) is 5.75 Å². The van der Waals surface area contributed by atoms with Gasteiger partial charge in [0.1, 0.15) is 11.8 Å². The Morgan fingerprint density at radius 3 is 2.43 bits per heavy atom. The Labute approximate surface area is 227 Å². The van der Waals surface area contributed by atoms with E-state index in [1.54, 1.807) is 7.11 Å². The molecule has 196 valence electrons. The Morgan fingerprint density at radius 2 is 1.73 bits per heavy atom. The third-order valence-corrected chi connectivity index (χ3v) is 7.94. The second-order valence-corrected chi connectivity index (χ2v) is 10.8. The lowest BCUT2D eigenvalue weighted by atomic mass is 9.84. The molecule has 6 nitrogen and oxygen atoms in total. The van der Waals surface area contributed by atoms with Gasteiger partial charge < -0.3 is 20.7 Å². The molecule has 0 saturated heterocycles. The van der Waals surface area contributed by atoms with Crippen LogP contribution in [0.1, 0.15) is 48.2 Å². The molecule has 1 aliphatic rings. The summed E-state index contributed by atoms with van der Waals surface area (Å²) in [5.41, 5.74) is 2.92. The van der Waals surface area contributed by atoms with Gasteiger partial charge >= 0.3 is 0 Å². The number of halogens is 1. The molecule has 1 fully saturated rings. The van der Waals surface area contributed by atoms with E-state index in [0.29, 0.717) is 35.3 Å². The molecule has 0 bridgehead atoms. The molecular weight excluding hydrogens is 506 g/mol. The smallest absolute Gasteiger partial charge is 0.262 e. The van der Waals surface area contributed by atoms with Gasteiger partial charge in [-0.25, -0.2) is 0 Å². The fourth-order valence-electron chi connectivity index (χ4n) is 4.69. The van der Waals surface area contributed by atoms with Crippen LogP contribution < -0.4 is 20.7 Å². The predicted octanol–water partition coefficient (Wildman–Crippen LogP) is 6.37. The lowest BCUT2D eigenvalue weighted by Gasteiger charge is -2.26. The molecule has 37 heavy (non-hydrogen) atoms. The van der Waals surface area contributed by atoms with Crippen molar-refractivity contribution < 1.29 is 14.3 Å². The molecule has 0 aliphatic heterocycles. The number of anilines is 1. The van der Waals surface area contributed by atoms with Gasteiger partial charge in [0.2, 0.25) is 5.91 Å². The molecule has 4 rings (SSSR count). The van der Waals surface area contributed by atoms with Crippen molar-refractivity contribution >= 4 is 40.4 Å². The second kappa shape index (κ2) is 13.5. The van der Waals surface area contributed by atoms with Crippen LogP contribution in [0.4, 0.5) is 5.69 Å². The second-order valence-electron chi connectivity index (χ2n) is 9.42. The Morgan fingerprint density at radius 1 is 1.00 bits per heavy atom. The van der Waals surface area contributed by atoms with Crippen molar-refractivity contribution in [3.63, 3.8) is 0 Å². The van der Waals surface area contributed by atoms with E-state index in [4.69, 9.17) is 16.3 Å². The Bertz CT molecular complexity index is 1160. The molecule has 2 aromatic carbocycles. The molecule has 8 heteroatoms.